The van der Waals surface area contributed by atoms with E-state index in [1.807, 2.05) is 0 Å². The molecule has 0 radical (unpaired) electrons. The Bertz CT molecular complexity index is 514. The van der Waals surface area contributed by atoms with Gasteiger partial charge in [-0.2, -0.15) is 24.7 Å². The van der Waals surface area contributed by atoms with E-state index in [0.717, 1.165) is 12.8 Å². The van der Waals surface area contributed by atoms with Gasteiger partial charge in [0.25, 0.3) is 5.95 Å². The standard InChI is InChI=1S/C11H17N7O/c1-3-4-8(2)5-19-11-16-9(12)15-10(17-11)18-7-13-6-14-18/h6-8H,3-5H2,1-2H3,(H2,12,15,16,17). The number of hydrogen-bond acceptors (Lipinski definition) is 7. The Morgan fingerprint density at radius 1 is 1.37 bits per heavy atom. The summed E-state index contributed by atoms with van der Waals surface area (Å²) in [5.74, 6) is 0.833. The smallest absolute Gasteiger partial charge is 0.323 e. The summed E-state index contributed by atoms with van der Waals surface area (Å²) in [4.78, 5) is 15.9. The Hall–Kier alpha value is -2.25. The van der Waals surface area contributed by atoms with Gasteiger partial charge in [-0.25, -0.2) is 4.98 Å². The van der Waals surface area contributed by atoms with Gasteiger partial charge in [0.15, 0.2) is 0 Å². The SMILES string of the molecule is CCCC(C)COc1nc(N)nc(-n2cncn2)n1. The molecule has 2 heterocycles. The summed E-state index contributed by atoms with van der Waals surface area (Å²) in [5.41, 5.74) is 5.63. The molecule has 0 aromatic carbocycles. The van der Waals surface area contributed by atoms with Crippen molar-refractivity contribution in [2.45, 2.75) is 26.7 Å². The lowest BCUT2D eigenvalue weighted by atomic mass is 10.1. The molecule has 0 aliphatic rings. The van der Waals surface area contributed by atoms with Crippen molar-refractivity contribution in [3.8, 4) is 12.0 Å². The molecule has 0 fully saturated rings. The highest BCUT2D eigenvalue weighted by Crippen LogP contribution is 2.11. The normalized spacial score (nSPS) is 12.3. The van der Waals surface area contributed by atoms with Crippen LogP contribution in [0.2, 0.25) is 0 Å². The molecule has 102 valence electrons. The van der Waals surface area contributed by atoms with Gasteiger partial charge >= 0.3 is 6.01 Å². The molecular weight excluding hydrogens is 246 g/mol. The van der Waals surface area contributed by atoms with Crippen LogP contribution in [0.5, 0.6) is 6.01 Å². The summed E-state index contributed by atoms with van der Waals surface area (Å²) in [5, 5.41) is 3.94. The quantitative estimate of drug-likeness (QED) is 0.823. The van der Waals surface area contributed by atoms with E-state index in [2.05, 4.69) is 38.9 Å². The third-order valence-corrected chi connectivity index (χ3v) is 2.52. The zero-order valence-electron chi connectivity index (χ0n) is 11.0. The number of anilines is 1. The summed E-state index contributed by atoms with van der Waals surface area (Å²) in [6, 6.07) is 0.209. The summed E-state index contributed by atoms with van der Waals surface area (Å²) in [7, 11) is 0. The lowest BCUT2D eigenvalue weighted by Crippen LogP contribution is -2.13. The Balaban J connectivity index is 2.09. The molecule has 1 atom stereocenters. The van der Waals surface area contributed by atoms with E-state index in [-0.39, 0.29) is 12.0 Å². The number of nitrogen functional groups attached to an aromatic ring is 1. The summed E-state index contributed by atoms with van der Waals surface area (Å²) >= 11 is 0. The van der Waals surface area contributed by atoms with Gasteiger partial charge in [-0.15, -0.1) is 0 Å². The van der Waals surface area contributed by atoms with Crippen LogP contribution in [0, 0.1) is 5.92 Å². The molecule has 8 heteroatoms. The molecule has 1 unspecified atom stereocenters. The van der Waals surface area contributed by atoms with Crippen LogP contribution >= 0.6 is 0 Å². The third kappa shape index (κ3) is 3.60. The molecular formula is C11H17N7O. The molecule has 0 saturated carbocycles. The van der Waals surface area contributed by atoms with Crippen molar-refractivity contribution in [1.82, 2.24) is 29.7 Å². The van der Waals surface area contributed by atoms with E-state index < -0.39 is 0 Å². The Morgan fingerprint density at radius 3 is 2.89 bits per heavy atom. The second-order valence-electron chi connectivity index (χ2n) is 4.32. The van der Waals surface area contributed by atoms with Crippen LogP contribution in [0.4, 0.5) is 5.95 Å². The van der Waals surface area contributed by atoms with Crippen LogP contribution in [0.15, 0.2) is 12.7 Å². The Morgan fingerprint density at radius 2 is 2.21 bits per heavy atom. The number of hydrogen-bond donors (Lipinski definition) is 1. The maximum absolute atomic E-state index is 5.63. The highest BCUT2D eigenvalue weighted by molar-refractivity contribution is 5.23. The number of ether oxygens (including phenoxy) is 1. The predicted molar refractivity (Wildman–Crippen MR) is 68.7 cm³/mol. The minimum atomic E-state index is 0.0960. The van der Waals surface area contributed by atoms with E-state index in [1.165, 1.54) is 17.3 Å². The summed E-state index contributed by atoms with van der Waals surface area (Å²) in [6.07, 6.45) is 5.09. The molecule has 0 aliphatic carbocycles. The fourth-order valence-corrected chi connectivity index (χ4v) is 1.63. The highest BCUT2D eigenvalue weighted by atomic mass is 16.5. The minimum Gasteiger partial charge on any atom is -0.463 e. The molecule has 0 bridgehead atoms. The van der Waals surface area contributed by atoms with Crippen LogP contribution in [-0.2, 0) is 0 Å². The second kappa shape index (κ2) is 6.07. The Kier molecular flexibility index (Phi) is 4.22. The van der Waals surface area contributed by atoms with Crippen molar-refractivity contribution in [3.05, 3.63) is 12.7 Å². The van der Waals surface area contributed by atoms with Crippen LogP contribution < -0.4 is 10.5 Å². The molecule has 0 saturated heterocycles. The monoisotopic (exact) mass is 263 g/mol. The van der Waals surface area contributed by atoms with Crippen LogP contribution in [0.3, 0.4) is 0 Å². The van der Waals surface area contributed by atoms with Crippen molar-refractivity contribution >= 4 is 5.95 Å². The van der Waals surface area contributed by atoms with Crippen LogP contribution in [-0.4, -0.2) is 36.3 Å². The molecule has 19 heavy (non-hydrogen) atoms. The molecule has 8 nitrogen and oxygen atoms in total. The van der Waals surface area contributed by atoms with Crippen LogP contribution in [0.1, 0.15) is 26.7 Å². The fourth-order valence-electron chi connectivity index (χ4n) is 1.63. The van der Waals surface area contributed by atoms with Crippen molar-refractivity contribution in [1.29, 1.82) is 0 Å². The first-order valence-electron chi connectivity index (χ1n) is 6.18. The second-order valence-corrected chi connectivity index (χ2v) is 4.32. The Labute approximate surface area is 111 Å². The van der Waals surface area contributed by atoms with E-state index in [1.54, 1.807) is 0 Å². The molecule has 2 aromatic heterocycles. The summed E-state index contributed by atoms with van der Waals surface area (Å²) < 4.78 is 6.94. The van der Waals surface area contributed by atoms with Crippen molar-refractivity contribution in [2.75, 3.05) is 12.3 Å². The van der Waals surface area contributed by atoms with Gasteiger partial charge in [0.1, 0.15) is 12.7 Å². The maximum Gasteiger partial charge on any atom is 0.323 e. The van der Waals surface area contributed by atoms with Gasteiger partial charge in [0, 0.05) is 0 Å². The molecule has 0 aliphatic heterocycles. The molecule has 2 aromatic rings. The highest BCUT2D eigenvalue weighted by Gasteiger charge is 2.09. The average Bonchev–Trinajstić information content (AvgIpc) is 2.90. The van der Waals surface area contributed by atoms with Crippen LogP contribution in [0.25, 0.3) is 5.95 Å². The van der Waals surface area contributed by atoms with E-state index >= 15 is 0 Å². The molecule has 0 amide bonds. The van der Waals surface area contributed by atoms with Crippen molar-refractivity contribution in [2.24, 2.45) is 5.92 Å². The predicted octanol–water partition coefficient (Wildman–Crippen LogP) is 0.850. The van der Waals surface area contributed by atoms with Gasteiger partial charge in [0.2, 0.25) is 5.95 Å². The first kappa shape index (κ1) is 13.2. The number of nitrogens with zero attached hydrogens (tertiary/aromatic N) is 6. The first-order chi connectivity index (χ1) is 9.19. The largest absolute Gasteiger partial charge is 0.463 e. The molecule has 0 spiro atoms. The maximum atomic E-state index is 5.63. The number of nitrogens with two attached hydrogens (primary N) is 1. The van der Waals surface area contributed by atoms with Gasteiger partial charge < -0.3 is 10.5 Å². The van der Waals surface area contributed by atoms with Gasteiger partial charge in [-0.1, -0.05) is 20.3 Å². The fraction of sp³-hybridized carbons (Fsp3) is 0.545. The molecule has 2 rings (SSSR count). The van der Waals surface area contributed by atoms with Crippen molar-refractivity contribution < 1.29 is 4.74 Å². The number of aromatic nitrogens is 6. The topological polar surface area (TPSA) is 105 Å². The van der Waals surface area contributed by atoms with Gasteiger partial charge in [0.05, 0.1) is 6.61 Å². The minimum absolute atomic E-state index is 0.0960. The first-order valence-corrected chi connectivity index (χ1v) is 6.18. The molecule has 2 N–H and O–H groups in total. The van der Waals surface area contributed by atoms with Crippen molar-refractivity contribution in [3.63, 3.8) is 0 Å². The zero-order chi connectivity index (χ0) is 13.7. The number of rotatable bonds is 6. The van der Waals surface area contributed by atoms with Gasteiger partial charge in [-0.05, 0) is 12.3 Å². The van der Waals surface area contributed by atoms with Gasteiger partial charge in [-0.3, -0.25) is 0 Å². The third-order valence-electron chi connectivity index (χ3n) is 2.52. The van der Waals surface area contributed by atoms with E-state index in [4.69, 9.17) is 10.5 Å². The average molecular weight is 263 g/mol. The van der Waals surface area contributed by atoms with E-state index in [9.17, 15) is 0 Å². The zero-order valence-corrected chi connectivity index (χ0v) is 11.0. The lowest BCUT2D eigenvalue weighted by Gasteiger charge is -2.11. The lowest BCUT2D eigenvalue weighted by molar-refractivity contribution is 0.233. The van der Waals surface area contributed by atoms with E-state index in [0.29, 0.717) is 18.5 Å². The summed E-state index contributed by atoms with van der Waals surface area (Å²) in [6.45, 7) is 4.81.